The van der Waals surface area contributed by atoms with Crippen LogP contribution < -0.4 is 0 Å². The number of carbonyl (C=O) groups is 2. The Hall–Kier alpha value is -1.84. The first-order valence-corrected chi connectivity index (χ1v) is 4.96. The van der Waals surface area contributed by atoms with Crippen LogP contribution in [-0.4, -0.2) is 17.5 Å². The molecule has 0 aromatic rings. The number of esters is 2. The highest BCUT2D eigenvalue weighted by Gasteiger charge is 2.33. The Labute approximate surface area is 93.2 Å². The van der Waals surface area contributed by atoms with Gasteiger partial charge in [-0.05, 0) is 32.9 Å². The number of rotatable bonds is 1. The van der Waals surface area contributed by atoms with Gasteiger partial charge in [-0.1, -0.05) is 0 Å². The first kappa shape index (κ1) is 10.7. The molecule has 16 heavy (non-hydrogen) atoms. The van der Waals surface area contributed by atoms with Crippen LogP contribution in [0.2, 0.25) is 0 Å². The quantitative estimate of drug-likeness (QED) is 0.630. The van der Waals surface area contributed by atoms with Crippen LogP contribution >= 0.6 is 0 Å². The zero-order chi connectivity index (χ0) is 11.9. The third kappa shape index (κ3) is 1.78. The van der Waals surface area contributed by atoms with Crippen molar-refractivity contribution in [2.45, 2.75) is 26.4 Å². The molecule has 1 unspecified atom stereocenters. The molecule has 0 N–H and O–H groups in total. The topological polar surface area (TPSA) is 52.6 Å². The van der Waals surface area contributed by atoms with E-state index in [-0.39, 0.29) is 11.9 Å². The summed E-state index contributed by atoms with van der Waals surface area (Å²) in [6.45, 7) is 5.10. The zero-order valence-corrected chi connectivity index (χ0v) is 9.37. The van der Waals surface area contributed by atoms with Gasteiger partial charge in [0.05, 0.1) is 0 Å². The molecule has 1 atom stereocenters. The van der Waals surface area contributed by atoms with Gasteiger partial charge in [0.2, 0.25) is 0 Å². The van der Waals surface area contributed by atoms with Gasteiger partial charge in [-0.2, -0.15) is 0 Å². The Balaban J connectivity index is 2.27. The minimum atomic E-state index is -0.822. The van der Waals surface area contributed by atoms with Crippen LogP contribution in [0.3, 0.4) is 0 Å². The molecule has 2 rings (SSSR count). The highest BCUT2D eigenvalue weighted by atomic mass is 16.6. The van der Waals surface area contributed by atoms with Crippen LogP contribution in [0.1, 0.15) is 20.8 Å². The average Bonchev–Trinajstić information content (AvgIpc) is 2.55. The summed E-state index contributed by atoms with van der Waals surface area (Å²) in [5.74, 6) is -0.284. The molecular weight excluding hydrogens is 208 g/mol. The molecule has 0 radical (unpaired) electrons. The highest BCUT2D eigenvalue weighted by Crippen LogP contribution is 2.29. The van der Waals surface area contributed by atoms with Crippen molar-refractivity contribution in [1.29, 1.82) is 0 Å². The molecule has 0 saturated carbocycles. The van der Waals surface area contributed by atoms with Gasteiger partial charge in [0, 0.05) is 17.2 Å². The van der Waals surface area contributed by atoms with Crippen molar-refractivity contribution in [3.63, 3.8) is 0 Å². The maximum absolute atomic E-state index is 11.2. The van der Waals surface area contributed by atoms with Crippen molar-refractivity contribution in [2.24, 2.45) is 0 Å². The smallest absolute Gasteiger partial charge is 0.339 e. The standard InChI is InChI=1S/C12H12O4/c1-7-4-9(15-10(7)13)6-12(3)5-8(2)11(14)16-12/h4-6H,1-3H3/b9-6-. The van der Waals surface area contributed by atoms with Crippen molar-refractivity contribution in [3.05, 3.63) is 35.1 Å². The third-order valence-corrected chi connectivity index (χ3v) is 2.46. The van der Waals surface area contributed by atoms with Crippen LogP contribution in [0.4, 0.5) is 0 Å². The van der Waals surface area contributed by atoms with E-state index in [1.807, 2.05) is 0 Å². The molecular formula is C12H12O4. The molecule has 0 bridgehead atoms. The molecule has 2 heterocycles. The minimum Gasteiger partial charge on any atom is -0.447 e. The number of hydrogen-bond acceptors (Lipinski definition) is 4. The second-order valence-corrected chi connectivity index (χ2v) is 4.16. The fourth-order valence-corrected chi connectivity index (χ4v) is 1.71. The summed E-state index contributed by atoms with van der Waals surface area (Å²) < 4.78 is 10.1. The molecule has 0 aromatic heterocycles. The Morgan fingerprint density at radius 1 is 1.19 bits per heavy atom. The summed E-state index contributed by atoms with van der Waals surface area (Å²) in [6, 6.07) is 0. The maximum atomic E-state index is 11.2. The van der Waals surface area contributed by atoms with E-state index >= 15 is 0 Å². The number of ether oxygens (including phenoxy) is 2. The molecule has 0 amide bonds. The van der Waals surface area contributed by atoms with Gasteiger partial charge < -0.3 is 9.47 Å². The van der Waals surface area contributed by atoms with Crippen molar-refractivity contribution in [1.82, 2.24) is 0 Å². The van der Waals surface area contributed by atoms with E-state index in [2.05, 4.69) is 0 Å². The molecule has 2 aliphatic rings. The fourth-order valence-electron chi connectivity index (χ4n) is 1.71. The van der Waals surface area contributed by atoms with Crippen LogP contribution in [0.15, 0.2) is 35.1 Å². The second-order valence-electron chi connectivity index (χ2n) is 4.16. The predicted molar refractivity (Wildman–Crippen MR) is 56.2 cm³/mol. The van der Waals surface area contributed by atoms with Crippen LogP contribution in [-0.2, 0) is 19.1 Å². The summed E-state index contributed by atoms with van der Waals surface area (Å²) >= 11 is 0. The lowest BCUT2D eigenvalue weighted by molar-refractivity contribution is -0.142. The van der Waals surface area contributed by atoms with Crippen LogP contribution in [0, 0.1) is 0 Å². The van der Waals surface area contributed by atoms with Gasteiger partial charge in [-0.3, -0.25) is 0 Å². The van der Waals surface area contributed by atoms with E-state index in [9.17, 15) is 9.59 Å². The molecule has 4 nitrogen and oxygen atoms in total. The van der Waals surface area contributed by atoms with E-state index in [1.165, 1.54) is 0 Å². The monoisotopic (exact) mass is 220 g/mol. The van der Waals surface area contributed by atoms with Crippen molar-refractivity contribution in [3.8, 4) is 0 Å². The lowest BCUT2D eigenvalue weighted by atomic mass is 10.0. The van der Waals surface area contributed by atoms with Crippen molar-refractivity contribution >= 4 is 11.9 Å². The van der Waals surface area contributed by atoms with Gasteiger partial charge in [0.1, 0.15) is 5.76 Å². The van der Waals surface area contributed by atoms with E-state index < -0.39 is 5.60 Å². The minimum absolute atomic E-state index is 0.343. The SMILES string of the molecule is CC1=C/C(=C/C2(C)C=C(C)C(=O)O2)OC1=O. The largest absolute Gasteiger partial charge is 0.447 e. The Kier molecular flexibility index (Phi) is 2.22. The third-order valence-electron chi connectivity index (χ3n) is 2.46. The van der Waals surface area contributed by atoms with Gasteiger partial charge in [0.15, 0.2) is 5.60 Å². The summed E-state index contributed by atoms with van der Waals surface area (Å²) in [5, 5.41) is 0. The number of hydrogen-bond donors (Lipinski definition) is 0. The molecule has 84 valence electrons. The number of allylic oxidation sites excluding steroid dienone is 1. The number of cyclic esters (lactones) is 2. The molecule has 0 spiro atoms. The summed E-state index contributed by atoms with van der Waals surface area (Å²) in [6.07, 6.45) is 4.95. The molecule has 2 aliphatic heterocycles. The molecule has 4 heteroatoms. The Morgan fingerprint density at radius 3 is 2.31 bits per heavy atom. The Bertz CT molecular complexity index is 467. The highest BCUT2D eigenvalue weighted by molar-refractivity contribution is 5.93. The summed E-state index contributed by atoms with van der Waals surface area (Å²) in [4.78, 5) is 22.4. The zero-order valence-electron chi connectivity index (χ0n) is 9.37. The first-order chi connectivity index (χ1) is 7.39. The fraction of sp³-hybridized carbons (Fsp3) is 0.333. The van der Waals surface area contributed by atoms with Gasteiger partial charge >= 0.3 is 11.9 Å². The lowest BCUT2D eigenvalue weighted by Gasteiger charge is -2.16. The van der Waals surface area contributed by atoms with E-state index in [4.69, 9.17) is 9.47 Å². The molecule has 0 saturated heterocycles. The normalized spacial score (nSPS) is 31.3. The molecule has 0 aliphatic carbocycles. The Morgan fingerprint density at radius 2 is 1.88 bits per heavy atom. The predicted octanol–water partition coefficient (Wildman–Crippen LogP) is 1.64. The second kappa shape index (κ2) is 3.33. The average molecular weight is 220 g/mol. The van der Waals surface area contributed by atoms with Gasteiger partial charge in [-0.15, -0.1) is 0 Å². The molecule has 0 aromatic carbocycles. The van der Waals surface area contributed by atoms with Crippen LogP contribution in [0.25, 0.3) is 0 Å². The van der Waals surface area contributed by atoms with E-state index in [0.717, 1.165) is 0 Å². The maximum Gasteiger partial charge on any atom is 0.339 e. The van der Waals surface area contributed by atoms with Crippen LogP contribution in [0.5, 0.6) is 0 Å². The van der Waals surface area contributed by atoms with Crippen molar-refractivity contribution in [2.75, 3.05) is 0 Å². The van der Waals surface area contributed by atoms with Gasteiger partial charge in [0.25, 0.3) is 0 Å². The summed E-state index contributed by atoms with van der Waals surface area (Å²) in [7, 11) is 0. The van der Waals surface area contributed by atoms with E-state index in [0.29, 0.717) is 16.9 Å². The first-order valence-electron chi connectivity index (χ1n) is 4.96. The van der Waals surface area contributed by atoms with E-state index in [1.54, 1.807) is 39.0 Å². The number of carbonyl (C=O) groups excluding carboxylic acids is 2. The molecule has 0 fully saturated rings. The van der Waals surface area contributed by atoms with Gasteiger partial charge in [-0.25, -0.2) is 9.59 Å². The van der Waals surface area contributed by atoms with Crippen molar-refractivity contribution < 1.29 is 19.1 Å². The lowest BCUT2D eigenvalue weighted by Crippen LogP contribution is -2.21. The summed E-state index contributed by atoms with van der Waals surface area (Å²) in [5.41, 5.74) is 0.280.